The van der Waals surface area contributed by atoms with Crippen molar-refractivity contribution in [2.45, 2.75) is 17.9 Å². The second kappa shape index (κ2) is 8.69. The number of aromatic amines is 1. The monoisotopic (exact) mass is 489 g/mol. The van der Waals surface area contributed by atoms with E-state index in [1.165, 1.54) is 41.2 Å². The standard InChI is InChI=1S/C24H19N5O5S/c30-24-19-13-17(27-35(33,34)23-8-4-3-7-22(23)29(31)32)9-10-21(19)26-15-28(24)12-11-16-14-25-20-6-2-1-5-18(16)20/h1-10,13-15,25,27H,11-12H2. The maximum Gasteiger partial charge on any atom is 0.289 e. The van der Waals surface area contributed by atoms with Crippen LogP contribution in [0.15, 0.2) is 88.9 Å². The van der Waals surface area contributed by atoms with Gasteiger partial charge >= 0.3 is 0 Å². The molecule has 3 aromatic carbocycles. The fourth-order valence-electron chi connectivity index (χ4n) is 4.01. The van der Waals surface area contributed by atoms with Gasteiger partial charge in [-0.05, 0) is 42.3 Å². The quantitative estimate of drug-likeness (QED) is 0.263. The van der Waals surface area contributed by atoms with Crippen LogP contribution in [0.4, 0.5) is 11.4 Å². The molecule has 5 rings (SSSR count). The molecule has 0 amide bonds. The van der Waals surface area contributed by atoms with Crippen LogP contribution in [0.25, 0.3) is 21.8 Å². The van der Waals surface area contributed by atoms with Gasteiger partial charge in [-0.25, -0.2) is 13.4 Å². The van der Waals surface area contributed by atoms with Gasteiger partial charge < -0.3 is 4.98 Å². The minimum atomic E-state index is -4.27. The molecule has 0 bridgehead atoms. The summed E-state index contributed by atoms with van der Waals surface area (Å²) in [7, 11) is -4.27. The van der Waals surface area contributed by atoms with Crippen LogP contribution in [-0.2, 0) is 23.0 Å². The van der Waals surface area contributed by atoms with Crippen molar-refractivity contribution < 1.29 is 13.3 Å². The minimum Gasteiger partial charge on any atom is -0.361 e. The van der Waals surface area contributed by atoms with Gasteiger partial charge in [0.2, 0.25) is 0 Å². The normalized spacial score (nSPS) is 11.7. The number of rotatable bonds is 7. The van der Waals surface area contributed by atoms with Crippen molar-refractivity contribution in [3.05, 3.63) is 105 Å². The maximum absolute atomic E-state index is 13.1. The molecule has 2 N–H and O–H groups in total. The molecule has 0 aliphatic rings. The summed E-state index contributed by atoms with van der Waals surface area (Å²) in [5, 5.41) is 12.6. The van der Waals surface area contributed by atoms with E-state index < -0.39 is 25.5 Å². The highest BCUT2D eigenvalue weighted by molar-refractivity contribution is 7.92. The number of sulfonamides is 1. The lowest BCUT2D eigenvalue weighted by atomic mass is 10.1. The van der Waals surface area contributed by atoms with Gasteiger partial charge in [0.25, 0.3) is 21.3 Å². The number of aryl methyl sites for hydroxylation is 2. The van der Waals surface area contributed by atoms with Crippen molar-refractivity contribution >= 4 is 43.2 Å². The summed E-state index contributed by atoms with van der Waals surface area (Å²) in [4.78, 5) is 30.7. The molecule has 0 saturated heterocycles. The summed E-state index contributed by atoms with van der Waals surface area (Å²) in [6, 6.07) is 17.3. The molecule has 0 aliphatic carbocycles. The topological polar surface area (TPSA) is 140 Å². The number of nitro benzene ring substituents is 1. The highest BCUT2D eigenvalue weighted by Crippen LogP contribution is 2.26. The van der Waals surface area contributed by atoms with Gasteiger partial charge in [-0.1, -0.05) is 30.3 Å². The zero-order chi connectivity index (χ0) is 24.6. The van der Waals surface area contributed by atoms with E-state index >= 15 is 0 Å². The van der Waals surface area contributed by atoms with Crippen LogP contribution in [-0.4, -0.2) is 27.9 Å². The summed E-state index contributed by atoms with van der Waals surface area (Å²) in [5.74, 6) is 0. The Hall–Kier alpha value is -4.51. The van der Waals surface area contributed by atoms with Gasteiger partial charge in [0.1, 0.15) is 0 Å². The zero-order valence-electron chi connectivity index (χ0n) is 18.2. The van der Waals surface area contributed by atoms with Gasteiger partial charge in [0.15, 0.2) is 4.90 Å². The Labute approximate surface area is 199 Å². The summed E-state index contributed by atoms with van der Waals surface area (Å²) >= 11 is 0. The van der Waals surface area contributed by atoms with Crippen LogP contribution in [0, 0.1) is 10.1 Å². The molecule has 0 saturated carbocycles. The van der Waals surface area contributed by atoms with Gasteiger partial charge in [-0.2, -0.15) is 0 Å². The Kier molecular flexibility index (Phi) is 5.53. The van der Waals surface area contributed by atoms with Crippen LogP contribution in [0.3, 0.4) is 0 Å². The van der Waals surface area contributed by atoms with E-state index in [-0.39, 0.29) is 16.6 Å². The summed E-state index contributed by atoms with van der Waals surface area (Å²) < 4.78 is 29.5. The average Bonchev–Trinajstić information content (AvgIpc) is 3.27. The first-order valence-corrected chi connectivity index (χ1v) is 12.1. The summed E-state index contributed by atoms with van der Waals surface area (Å²) in [6.07, 6.45) is 3.98. The van der Waals surface area contributed by atoms with Crippen LogP contribution < -0.4 is 10.3 Å². The number of H-pyrrole nitrogens is 1. The summed E-state index contributed by atoms with van der Waals surface area (Å²) in [6.45, 7) is 0.385. The molecule has 2 heterocycles. The Morgan fingerprint density at radius 2 is 1.80 bits per heavy atom. The number of nitrogens with one attached hydrogen (secondary N) is 2. The van der Waals surface area contributed by atoms with Crippen LogP contribution >= 0.6 is 0 Å². The molecular weight excluding hydrogens is 470 g/mol. The third kappa shape index (κ3) is 4.24. The van der Waals surface area contributed by atoms with E-state index in [1.807, 2.05) is 30.5 Å². The molecule has 0 atom stereocenters. The predicted molar refractivity (Wildman–Crippen MR) is 132 cm³/mol. The van der Waals surface area contributed by atoms with Crippen molar-refractivity contribution in [2.24, 2.45) is 0 Å². The molecular formula is C24H19N5O5S. The molecule has 2 aromatic heterocycles. The average molecular weight is 490 g/mol. The largest absolute Gasteiger partial charge is 0.361 e. The Morgan fingerprint density at radius 1 is 1.03 bits per heavy atom. The highest BCUT2D eigenvalue weighted by atomic mass is 32.2. The molecule has 176 valence electrons. The van der Waals surface area contributed by atoms with Crippen molar-refractivity contribution in [1.82, 2.24) is 14.5 Å². The van der Waals surface area contributed by atoms with Crippen molar-refractivity contribution in [1.29, 1.82) is 0 Å². The van der Waals surface area contributed by atoms with Crippen LogP contribution in [0.1, 0.15) is 5.56 Å². The highest BCUT2D eigenvalue weighted by Gasteiger charge is 2.25. The number of hydrogen-bond donors (Lipinski definition) is 2. The molecule has 5 aromatic rings. The first-order valence-electron chi connectivity index (χ1n) is 10.6. The lowest BCUT2D eigenvalue weighted by molar-refractivity contribution is -0.387. The number of anilines is 1. The van der Waals surface area contributed by atoms with Gasteiger partial charge in [0.05, 0.1) is 22.2 Å². The van der Waals surface area contributed by atoms with E-state index in [0.29, 0.717) is 18.5 Å². The molecule has 10 nitrogen and oxygen atoms in total. The third-order valence-corrected chi connectivity index (χ3v) is 7.15. The molecule has 11 heteroatoms. The van der Waals surface area contributed by atoms with E-state index in [9.17, 15) is 23.3 Å². The maximum atomic E-state index is 13.1. The zero-order valence-corrected chi connectivity index (χ0v) is 19.0. The molecule has 0 aliphatic heterocycles. The van der Waals surface area contributed by atoms with E-state index in [4.69, 9.17) is 0 Å². The summed E-state index contributed by atoms with van der Waals surface area (Å²) in [5.41, 5.74) is 1.74. The SMILES string of the molecule is O=c1c2cc(NS(=O)(=O)c3ccccc3[N+](=O)[O-])ccc2ncn1CCc1c[nH]c2ccccc12. The molecule has 0 radical (unpaired) electrons. The third-order valence-electron chi connectivity index (χ3n) is 5.72. The van der Waals surface area contributed by atoms with Crippen LogP contribution in [0.2, 0.25) is 0 Å². The number of aromatic nitrogens is 3. The van der Waals surface area contributed by atoms with Crippen molar-refractivity contribution in [3.63, 3.8) is 0 Å². The number of benzene rings is 3. The first kappa shape index (κ1) is 22.3. The van der Waals surface area contributed by atoms with Gasteiger partial charge in [-0.3, -0.25) is 24.2 Å². The lowest BCUT2D eigenvalue weighted by Gasteiger charge is -2.10. The number of fused-ring (bicyclic) bond motifs is 2. The molecule has 0 spiro atoms. The van der Waals surface area contributed by atoms with Crippen LogP contribution in [0.5, 0.6) is 0 Å². The Morgan fingerprint density at radius 3 is 2.63 bits per heavy atom. The molecule has 35 heavy (non-hydrogen) atoms. The second-order valence-electron chi connectivity index (χ2n) is 7.91. The Balaban J connectivity index is 1.44. The number of nitro groups is 1. The molecule has 0 unspecified atom stereocenters. The smallest absolute Gasteiger partial charge is 0.289 e. The van der Waals surface area contributed by atoms with Crippen molar-refractivity contribution in [2.75, 3.05) is 4.72 Å². The van der Waals surface area contributed by atoms with E-state index in [2.05, 4.69) is 14.7 Å². The van der Waals surface area contributed by atoms with E-state index in [0.717, 1.165) is 28.6 Å². The lowest BCUT2D eigenvalue weighted by Crippen LogP contribution is -2.22. The molecule has 0 fully saturated rings. The van der Waals surface area contributed by atoms with E-state index in [1.54, 1.807) is 0 Å². The first-order chi connectivity index (χ1) is 16.8. The number of nitrogens with zero attached hydrogens (tertiary/aromatic N) is 3. The minimum absolute atomic E-state index is 0.101. The van der Waals surface area contributed by atoms with Gasteiger partial charge in [-0.15, -0.1) is 0 Å². The second-order valence-corrected chi connectivity index (χ2v) is 9.57. The van der Waals surface area contributed by atoms with Gasteiger partial charge in [0, 0.05) is 35.4 Å². The van der Waals surface area contributed by atoms with Crippen molar-refractivity contribution in [3.8, 4) is 0 Å². The predicted octanol–water partition coefficient (Wildman–Crippen LogP) is 3.83. The fraction of sp³-hybridized carbons (Fsp3) is 0.0833. The Bertz CT molecular complexity index is 1760. The number of hydrogen-bond acceptors (Lipinski definition) is 6. The number of para-hydroxylation sites is 2. The fourth-order valence-corrected chi connectivity index (χ4v) is 5.23.